The van der Waals surface area contributed by atoms with Crippen molar-refractivity contribution >= 4 is 5.91 Å². The van der Waals surface area contributed by atoms with Crippen molar-refractivity contribution in [2.45, 2.75) is 39.2 Å². The van der Waals surface area contributed by atoms with E-state index in [9.17, 15) is 10.1 Å². The van der Waals surface area contributed by atoms with Gasteiger partial charge in [-0.05, 0) is 38.5 Å². The summed E-state index contributed by atoms with van der Waals surface area (Å²) in [5, 5.41) is 12.0. The van der Waals surface area contributed by atoms with Crippen molar-refractivity contribution < 1.29 is 9.53 Å². The normalized spacial score (nSPS) is 11.7. The fraction of sp³-hybridized carbons (Fsp3) is 0.467. The molecule has 1 unspecified atom stereocenters. The minimum atomic E-state index is -0.422. The van der Waals surface area contributed by atoms with Crippen LogP contribution in [0.3, 0.4) is 0 Å². The van der Waals surface area contributed by atoms with Crippen LogP contribution < -0.4 is 10.1 Å². The van der Waals surface area contributed by atoms with Gasteiger partial charge in [-0.1, -0.05) is 12.1 Å². The van der Waals surface area contributed by atoms with Crippen molar-refractivity contribution in [3.05, 3.63) is 29.8 Å². The summed E-state index contributed by atoms with van der Waals surface area (Å²) < 4.78 is 5.35. The third-order valence-corrected chi connectivity index (χ3v) is 2.59. The molecule has 4 nitrogen and oxygen atoms in total. The van der Waals surface area contributed by atoms with E-state index >= 15 is 0 Å². The first-order chi connectivity index (χ1) is 9.06. The number of nitriles is 1. The van der Waals surface area contributed by atoms with Gasteiger partial charge in [-0.15, -0.1) is 0 Å². The number of ether oxygens (including phenoxy) is 1. The molecule has 0 bridgehead atoms. The second kappa shape index (κ2) is 7.42. The SMILES string of the molecule is CCOc1ccc(C(C#N)CC(=O)NC(C)C)cc1. The Balaban J connectivity index is 2.69. The molecule has 0 radical (unpaired) electrons. The number of carbonyl (C=O) groups is 1. The molecule has 102 valence electrons. The molecule has 0 saturated heterocycles. The Morgan fingerprint density at radius 2 is 2.00 bits per heavy atom. The van der Waals surface area contributed by atoms with Crippen LogP contribution in [0.2, 0.25) is 0 Å². The second-order valence-electron chi connectivity index (χ2n) is 4.61. The number of nitrogens with one attached hydrogen (secondary N) is 1. The second-order valence-corrected chi connectivity index (χ2v) is 4.61. The molecule has 0 aliphatic heterocycles. The van der Waals surface area contributed by atoms with Crippen molar-refractivity contribution in [1.29, 1.82) is 5.26 Å². The molecule has 4 heteroatoms. The van der Waals surface area contributed by atoms with Gasteiger partial charge in [0.1, 0.15) is 5.75 Å². The molecule has 0 heterocycles. The van der Waals surface area contributed by atoms with Crippen LogP contribution in [-0.4, -0.2) is 18.6 Å². The minimum Gasteiger partial charge on any atom is -0.494 e. The van der Waals surface area contributed by atoms with Gasteiger partial charge in [-0.2, -0.15) is 5.26 Å². The standard InChI is InChI=1S/C15H20N2O2/c1-4-19-14-7-5-12(6-8-14)13(10-16)9-15(18)17-11(2)3/h5-8,11,13H,4,9H2,1-3H3,(H,17,18). The number of amides is 1. The highest BCUT2D eigenvalue weighted by Crippen LogP contribution is 2.22. The van der Waals surface area contributed by atoms with E-state index in [2.05, 4.69) is 11.4 Å². The number of nitrogens with zero attached hydrogens (tertiary/aromatic N) is 1. The smallest absolute Gasteiger partial charge is 0.221 e. The molecule has 1 rings (SSSR count). The van der Waals surface area contributed by atoms with Gasteiger partial charge in [0.05, 0.1) is 18.6 Å². The number of hydrogen-bond donors (Lipinski definition) is 1. The number of rotatable bonds is 6. The topological polar surface area (TPSA) is 62.1 Å². The fourth-order valence-electron chi connectivity index (χ4n) is 1.77. The highest BCUT2D eigenvalue weighted by Gasteiger charge is 2.16. The van der Waals surface area contributed by atoms with Gasteiger partial charge in [-0.3, -0.25) is 4.79 Å². The van der Waals surface area contributed by atoms with Crippen LogP contribution in [0.1, 0.15) is 38.7 Å². The Kier molecular flexibility index (Phi) is 5.87. The predicted molar refractivity (Wildman–Crippen MR) is 73.9 cm³/mol. The quantitative estimate of drug-likeness (QED) is 0.855. The predicted octanol–water partition coefficient (Wildman–Crippen LogP) is 2.61. The molecule has 0 saturated carbocycles. The fourth-order valence-corrected chi connectivity index (χ4v) is 1.77. The first kappa shape index (κ1) is 15.0. The Labute approximate surface area is 114 Å². The van der Waals surface area contributed by atoms with Crippen molar-refractivity contribution in [3.8, 4) is 11.8 Å². The van der Waals surface area contributed by atoms with E-state index in [1.807, 2.05) is 45.0 Å². The van der Waals surface area contributed by atoms with Gasteiger partial charge in [0.15, 0.2) is 0 Å². The Morgan fingerprint density at radius 1 is 1.37 bits per heavy atom. The third kappa shape index (κ3) is 5.01. The van der Waals surface area contributed by atoms with Crippen LogP contribution >= 0.6 is 0 Å². The Morgan fingerprint density at radius 3 is 2.47 bits per heavy atom. The summed E-state index contributed by atoms with van der Waals surface area (Å²) in [7, 11) is 0. The summed E-state index contributed by atoms with van der Waals surface area (Å²) in [5.74, 6) is 0.249. The zero-order valence-electron chi connectivity index (χ0n) is 11.6. The number of hydrogen-bond acceptors (Lipinski definition) is 3. The summed E-state index contributed by atoms with van der Waals surface area (Å²) in [6.07, 6.45) is 0.183. The molecule has 19 heavy (non-hydrogen) atoms. The molecule has 1 amide bonds. The molecule has 1 aromatic carbocycles. The van der Waals surface area contributed by atoms with Crippen molar-refractivity contribution in [3.63, 3.8) is 0 Å². The van der Waals surface area contributed by atoms with Crippen LogP contribution in [-0.2, 0) is 4.79 Å². The highest BCUT2D eigenvalue weighted by atomic mass is 16.5. The summed E-state index contributed by atoms with van der Waals surface area (Å²) in [6.45, 7) is 6.33. The molecular formula is C15H20N2O2. The molecule has 1 aromatic rings. The minimum absolute atomic E-state index is 0.0900. The van der Waals surface area contributed by atoms with Crippen molar-refractivity contribution in [1.82, 2.24) is 5.32 Å². The lowest BCUT2D eigenvalue weighted by Crippen LogP contribution is -2.31. The van der Waals surface area contributed by atoms with Gasteiger partial charge in [0.25, 0.3) is 0 Å². The first-order valence-corrected chi connectivity index (χ1v) is 6.48. The number of benzene rings is 1. The lowest BCUT2D eigenvalue weighted by molar-refractivity contribution is -0.121. The highest BCUT2D eigenvalue weighted by molar-refractivity contribution is 5.77. The average molecular weight is 260 g/mol. The van der Waals surface area contributed by atoms with E-state index in [0.717, 1.165) is 11.3 Å². The maximum atomic E-state index is 11.7. The molecule has 0 spiro atoms. The third-order valence-electron chi connectivity index (χ3n) is 2.59. The van der Waals surface area contributed by atoms with E-state index < -0.39 is 5.92 Å². The van der Waals surface area contributed by atoms with Crippen LogP contribution in [0, 0.1) is 11.3 Å². The van der Waals surface area contributed by atoms with Gasteiger partial charge in [0, 0.05) is 12.5 Å². The van der Waals surface area contributed by atoms with Crippen molar-refractivity contribution in [2.75, 3.05) is 6.61 Å². The summed E-state index contributed by atoms with van der Waals surface area (Å²) in [4.78, 5) is 11.7. The zero-order chi connectivity index (χ0) is 14.3. The van der Waals surface area contributed by atoms with Gasteiger partial charge >= 0.3 is 0 Å². The van der Waals surface area contributed by atoms with E-state index in [0.29, 0.717) is 6.61 Å². The summed E-state index contributed by atoms with van der Waals surface area (Å²) >= 11 is 0. The monoisotopic (exact) mass is 260 g/mol. The molecule has 0 aliphatic carbocycles. The molecule has 1 N–H and O–H groups in total. The molecule has 0 aromatic heterocycles. The van der Waals surface area contributed by atoms with Crippen LogP contribution in [0.15, 0.2) is 24.3 Å². The van der Waals surface area contributed by atoms with Gasteiger partial charge in [-0.25, -0.2) is 0 Å². The van der Waals surface area contributed by atoms with E-state index in [1.54, 1.807) is 0 Å². The molecule has 1 atom stereocenters. The van der Waals surface area contributed by atoms with Crippen LogP contribution in [0.5, 0.6) is 5.75 Å². The summed E-state index contributed by atoms with van der Waals surface area (Å²) in [6, 6.07) is 9.58. The van der Waals surface area contributed by atoms with E-state index in [1.165, 1.54) is 0 Å². The molecule has 0 fully saturated rings. The van der Waals surface area contributed by atoms with Crippen molar-refractivity contribution in [2.24, 2.45) is 0 Å². The van der Waals surface area contributed by atoms with E-state index in [4.69, 9.17) is 4.74 Å². The maximum Gasteiger partial charge on any atom is 0.221 e. The van der Waals surface area contributed by atoms with Crippen LogP contribution in [0.25, 0.3) is 0 Å². The molecule has 0 aliphatic rings. The Hall–Kier alpha value is -2.02. The largest absolute Gasteiger partial charge is 0.494 e. The Bertz CT molecular complexity index is 446. The lowest BCUT2D eigenvalue weighted by Gasteiger charge is -2.12. The number of carbonyl (C=O) groups excluding carboxylic acids is 1. The maximum absolute atomic E-state index is 11.7. The lowest BCUT2D eigenvalue weighted by atomic mass is 9.96. The average Bonchev–Trinajstić information content (AvgIpc) is 2.36. The zero-order valence-corrected chi connectivity index (χ0v) is 11.6. The van der Waals surface area contributed by atoms with Gasteiger partial charge in [0.2, 0.25) is 5.91 Å². The van der Waals surface area contributed by atoms with E-state index in [-0.39, 0.29) is 18.4 Å². The van der Waals surface area contributed by atoms with Gasteiger partial charge < -0.3 is 10.1 Å². The molecular weight excluding hydrogens is 240 g/mol. The summed E-state index contributed by atoms with van der Waals surface area (Å²) in [5.41, 5.74) is 0.838. The first-order valence-electron chi connectivity index (χ1n) is 6.48. The van der Waals surface area contributed by atoms with Crippen LogP contribution in [0.4, 0.5) is 0 Å².